The molecule has 2 heterocycles. The number of nitrogens with zero attached hydrogens (tertiary/aromatic N) is 5. The van der Waals surface area contributed by atoms with E-state index in [1.54, 1.807) is 19.6 Å². The Morgan fingerprint density at radius 3 is 1.69 bits per heavy atom. The lowest BCUT2D eigenvalue weighted by molar-refractivity contribution is -0.198. The number of rotatable bonds is 5. The number of aliphatic carboxylic acids is 1. The second kappa shape index (κ2) is 11.2. The highest BCUT2D eigenvalue weighted by Gasteiger charge is 2.33. The number of carboxylic acids is 1. The molecule has 11 nitrogen and oxygen atoms in total. The predicted octanol–water partition coefficient (Wildman–Crippen LogP) is -1.76. The van der Waals surface area contributed by atoms with E-state index in [1.807, 2.05) is 0 Å². The van der Waals surface area contributed by atoms with Gasteiger partial charge >= 0.3 is 11.9 Å². The molecule has 1 N–H and O–H groups in total. The molecule has 0 bridgehead atoms. The van der Waals surface area contributed by atoms with Crippen LogP contribution >= 0.6 is 0 Å². The second-order valence-corrected chi connectivity index (χ2v) is 7.06. The summed E-state index contributed by atoms with van der Waals surface area (Å²) in [6.07, 6.45) is 0.0561. The maximum Gasteiger partial charge on any atom is 0.347 e. The average molecular weight is 409 g/mol. The van der Waals surface area contributed by atoms with Gasteiger partial charge in [0, 0.05) is 79.3 Å². The average Bonchev–Trinajstić information content (AvgIpc) is 2.96. The third-order valence-corrected chi connectivity index (χ3v) is 4.72. The zero-order chi connectivity index (χ0) is 21.4. The molecule has 160 valence electrons. The van der Waals surface area contributed by atoms with Crippen molar-refractivity contribution in [2.75, 3.05) is 65.4 Å². The van der Waals surface area contributed by atoms with E-state index in [0.717, 1.165) is 0 Å². The first-order valence-electron chi connectivity index (χ1n) is 9.47. The zero-order valence-electron chi connectivity index (χ0n) is 16.4. The summed E-state index contributed by atoms with van der Waals surface area (Å²) in [4.78, 5) is 58.1. The van der Waals surface area contributed by atoms with Gasteiger partial charge in [-0.05, 0) is 0 Å². The minimum atomic E-state index is -0.953. The molecule has 29 heavy (non-hydrogen) atoms. The molecule has 0 aliphatic carbocycles. The van der Waals surface area contributed by atoms with Crippen molar-refractivity contribution in [2.24, 2.45) is 0 Å². The Morgan fingerprint density at radius 1 is 0.793 bits per heavy atom. The molecule has 0 unspecified atom stereocenters. The zero-order valence-corrected chi connectivity index (χ0v) is 16.4. The SMILES string of the molecule is [CH]N1CCN([CH])CCN(CC(=O)ON2C(=O)CCC2=O)CCN(CC(=O)O)CC1. The Hall–Kier alpha value is -2.08. The highest BCUT2D eigenvalue weighted by molar-refractivity contribution is 6.01. The van der Waals surface area contributed by atoms with Crippen LogP contribution in [0, 0.1) is 14.1 Å². The third kappa shape index (κ3) is 8.05. The summed E-state index contributed by atoms with van der Waals surface area (Å²) >= 11 is 0. The fraction of sp³-hybridized carbons (Fsp3) is 0.667. The number of hydrogen-bond acceptors (Lipinski definition) is 9. The molecule has 11 heteroatoms. The molecular weight excluding hydrogens is 382 g/mol. The van der Waals surface area contributed by atoms with Gasteiger partial charge in [0.15, 0.2) is 0 Å². The van der Waals surface area contributed by atoms with Gasteiger partial charge in [0.25, 0.3) is 11.8 Å². The van der Waals surface area contributed by atoms with Crippen molar-refractivity contribution in [3.8, 4) is 0 Å². The minimum Gasteiger partial charge on any atom is -0.480 e. The van der Waals surface area contributed by atoms with E-state index in [2.05, 4.69) is 0 Å². The topological polar surface area (TPSA) is 114 Å². The lowest BCUT2D eigenvalue weighted by Crippen LogP contribution is -2.46. The standard InChI is InChI=1S/C18H27N5O6/c1-19-5-6-20(2)8-10-22(12-11-21(9-7-19)13-17(26)27)14-18(28)29-23-15(24)3-4-16(23)25/h1-2H,3-14H2,(H,26,27). The maximum atomic E-state index is 12.2. The Bertz CT molecular complexity index is 600. The quantitative estimate of drug-likeness (QED) is 0.524. The van der Waals surface area contributed by atoms with Crippen LogP contribution in [0.4, 0.5) is 0 Å². The van der Waals surface area contributed by atoms with Crippen LogP contribution in [0.2, 0.25) is 0 Å². The van der Waals surface area contributed by atoms with E-state index in [4.69, 9.17) is 24.0 Å². The van der Waals surface area contributed by atoms with Crippen LogP contribution in [0.25, 0.3) is 0 Å². The van der Waals surface area contributed by atoms with Crippen molar-refractivity contribution in [2.45, 2.75) is 12.8 Å². The van der Waals surface area contributed by atoms with Crippen molar-refractivity contribution in [3.05, 3.63) is 14.1 Å². The van der Waals surface area contributed by atoms with Gasteiger partial charge in [0.2, 0.25) is 0 Å². The Labute approximate surface area is 170 Å². The molecule has 0 aromatic heterocycles. The molecule has 2 amide bonds. The Morgan fingerprint density at radius 2 is 1.21 bits per heavy atom. The first-order chi connectivity index (χ1) is 13.7. The molecule has 2 aliphatic rings. The number of imide groups is 1. The normalized spacial score (nSPS) is 22.3. The van der Waals surface area contributed by atoms with Gasteiger partial charge in [0.1, 0.15) is 0 Å². The maximum absolute atomic E-state index is 12.2. The highest BCUT2D eigenvalue weighted by atomic mass is 16.7. The van der Waals surface area contributed by atoms with Gasteiger partial charge < -0.3 is 9.94 Å². The molecule has 0 aromatic rings. The number of hydrogen-bond donors (Lipinski definition) is 1. The van der Waals surface area contributed by atoms with Gasteiger partial charge in [0.05, 0.1) is 13.1 Å². The summed E-state index contributed by atoms with van der Waals surface area (Å²) in [5.74, 6) is -2.76. The fourth-order valence-corrected chi connectivity index (χ4v) is 3.01. The van der Waals surface area contributed by atoms with E-state index < -0.39 is 23.8 Å². The number of carbonyl (C=O) groups excluding carboxylic acids is 3. The van der Waals surface area contributed by atoms with Gasteiger partial charge in [-0.15, -0.1) is 5.06 Å². The van der Waals surface area contributed by atoms with Crippen LogP contribution in [0.3, 0.4) is 0 Å². The van der Waals surface area contributed by atoms with Crippen LogP contribution in [0.5, 0.6) is 0 Å². The molecule has 0 spiro atoms. The van der Waals surface area contributed by atoms with Crippen LogP contribution in [-0.4, -0.2) is 119 Å². The van der Waals surface area contributed by atoms with Crippen molar-refractivity contribution in [1.29, 1.82) is 0 Å². The Balaban J connectivity index is 1.97. The smallest absolute Gasteiger partial charge is 0.347 e. The first-order valence-corrected chi connectivity index (χ1v) is 9.47. The molecule has 0 saturated carbocycles. The fourth-order valence-electron chi connectivity index (χ4n) is 3.01. The van der Waals surface area contributed by atoms with Gasteiger partial charge in [-0.25, -0.2) is 4.79 Å². The number of hydroxylamine groups is 2. The first kappa shape index (κ1) is 23.2. The highest BCUT2D eigenvalue weighted by Crippen LogP contribution is 2.12. The van der Waals surface area contributed by atoms with Crippen LogP contribution in [0.1, 0.15) is 12.8 Å². The number of carbonyl (C=O) groups is 4. The van der Waals surface area contributed by atoms with Crippen LogP contribution < -0.4 is 0 Å². The van der Waals surface area contributed by atoms with Crippen molar-refractivity contribution in [1.82, 2.24) is 24.7 Å². The van der Waals surface area contributed by atoms with Crippen molar-refractivity contribution >= 4 is 23.8 Å². The van der Waals surface area contributed by atoms with Gasteiger partial charge in [-0.1, -0.05) is 0 Å². The number of amides is 2. The summed E-state index contributed by atoms with van der Waals surface area (Å²) in [5.41, 5.74) is 0. The van der Waals surface area contributed by atoms with Crippen LogP contribution in [-0.2, 0) is 24.0 Å². The van der Waals surface area contributed by atoms with Gasteiger partial charge in [-0.2, -0.15) is 0 Å². The predicted molar refractivity (Wildman–Crippen MR) is 99.4 cm³/mol. The molecule has 2 fully saturated rings. The lowest BCUT2D eigenvalue weighted by Gasteiger charge is -2.31. The lowest BCUT2D eigenvalue weighted by atomic mass is 10.3. The molecule has 2 rings (SSSR count). The van der Waals surface area contributed by atoms with Crippen LogP contribution in [0.15, 0.2) is 0 Å². The molecule has 0 atom stereocenters. The van der Waals surface area contributed by atoms with Crippen molar-refractivity contribution < 1.29 is 29.1 Å². The van der Waals surface area contributed by atoms with Crippen molar-refractivity contribution in [3.63, 3.8) is 0 Å². The van der Waals surface area contributed by atoms with E-state index in [9.17, 15) is 19.2 Å². The minimum absolute atomic E-state index is 0.0280. The molecular formula is C18H27N5O6. The van der Waals surface area contributed by atoms with Gasteiger partial charge in [-0.3, -0.25) is 34.0 Å². The summed E-state index contributed by atoms with van der Waals surface area (Å²) in [7, 11) is 11.9. The summed E-state index contributed by atoms with van der Waals surface area (Å²) < 4.78 is 0. The molecule has 2 aliphatic heterocycles. The monoisotopic (exact) mass is 409 g/mol. The Kier molecular flexibility index (Phi) is 8.96. The third-order valence-electron chi connectivity index (χ3n) is 4.72. The molecule has 2 saturated heterocycles. The number of carboxylic acid groups (broad SMARTS) is 1. The van der Waals surface area contributed by atoms with E-state index in [1.165, 1.54) is 0 Å². The van der Waals surface area contributed by atoms with E-state index >= 15 is 0 Å². The van der Waals surface area contributed by atoms with E-state index in [-0.39, 0.29) is 25.9 Å². The second-order valence-electron chi connectivity index (χ2n) is 7.06. The van der Waals surface area contributed by atoms with E-state index in [0.29, 0.717) is 57.4 Å². The summed E-state index contributed by atoms with van der Waals surface area (Å²) in [6, 6.07) is 0. The largest absolute Gasteiger partial charge is 0.480 e. The summed E-state index contributed by atoms with van der Waals surface area (Å²) in [6.45, 7) is 3.26. The molecule has 0 aromatic carbocycles. The molecule has 4 radical (unpaired) electrons. The summed E-state index contributed by atoms with van der Waals surface area (Å²) in [5, 5.41) is 9.62.